The number of fused-ring (bicyclic) bond motifs is 3. The van der Waals surface area contributed by atoms with Crippen molar-refractivity contribution in [1.82, 2.24) is 19.7 Å². The minimum atomic E-state index is -0.861. The fourth-order valence-electron chi connectivity index (χ4n) is 3.82. The van der Waals surface area contributed by atoms with Crippen LogP contribution in [0.15, 0.2) is 58.7 Å². The SMILES string of the molecule is CN(C)CCCSc1nnc2n1-c1ccc(Cl)cc1C(c1ccccc1)=N[C@H]2CCC(=O)O. The molecule has 0 bridgehead atoms. The zero-order chi connectivity index (χ0) is 23.4. The molecule has 9 heteroatoms. The van der Waals surface area contributed by atoms with Gasteiger partial charge in [0.05, 0.1) is 11.4 Å². The lowest BCUT2D eigenvalue weighted by Gasteiger charge is -2.14. The van der Waals surface area contributed by atoms with E-state index in [1.54, 1.807) is 11.8 Å². The quantitative estimate of drug-likeness (QED) is 0.350. The molecule has 0 aliphatic carbocycles. The Morgan fingerprint density at radius 2 is 1.97 bits per heavy atom. The van der Waals surface area contributed by atoms with E-state index in [0.717, 1.165) is 46.4 Å². The molecule has 0 radical (unpaired) electrons. The fourth-order valence-corrected chi connectivity index (χ4v) is 4.86. The molecule has 33 heavy (non-hydrogen) atoms. The molecule has 172 valence electrons. The maximum Gasteiger partial charge on any atom is 0.303 e. The van der Waals surface area contributed by atoms with Crippen molar-refractivity contribution in [2.75, 3.05) is 26.4 Å². The molecule has 1 aliphatic rings. The summed E-state index contributed by atoms with van der Waals surface area (Å²) in [7, 11) is 4.12. The van der Waals surface area contributed by atoms with Crippen LogP contribution in [0.3, 0.4) is 0 Å². The number of halogens is 1. The van der Waals surface area contributed by atoms with Gasteiger partial charge in [-0.05, 0) is 51.7 Å². The largest absolute Gasteiger partial charge is 0.481 e. The molecule has 0 saturated carbocycles. The smallest absolute Gasteiger partial charge is 0.303 e. The summed E-state index contributed by atoms with van der Waals surface area (Å²) < 4.78 is 2.03. The van der Waals surface area contributed by atoms with E-state index < -0.39 is 12.0 Å². The highest BCUT2D eigenvalue weighted by Crippen LogP contribution is 2.36. The Labute approximate surface area is 202 Å². The number of aromatic nitrogens is 3. The van der Waals surface area contributed by atoms with E-state index in [0.29, 0.717) is 17.3 Å². The van der Waals surface area contributed by atoms with Crippen molar-refractivity contribution in [3.8, 4) is 5.69 Å². The number of thioether (sulfide) groups is 1. The second-order valence-electron chi connectivity index (χ2n) is 8.13. The number of aliphatic imine (C=N–C) groups is 1. The van der Waals surface area contributed by atoms with Crippen LogP contribution < -0.4 is 0 Å². The third-order valence-electron chi connectivity index (χ3n) is 5.36. The summed E-state index contributed by atoms with van der Waals surface area (Å²) in [5.74, 6) is 0.687. The van der Waals surface area contributed by atoms with Gasteiger partial charge < -0.3 is 10.0 Å². The molecule has 2 heterocycles. The number of hydrogen-bond acceptors (Lipinski definition) is 6. The van der Waals surface area contributed by atoms with Gasteiger partial charge in [0.15, 0.2) is 11.0 Å². The number of rotatable bonds is 9. The van der Waals surface area contributed by atoms with Crippen LogP contribution in [0, 0.1) is 0 Å². The van der Waals surface area contributed by atoms with E-state index >= 15 is 0 Å². The molecule has 1 aromatic heterocycles. The molecular weight excluding hydrogens is 458 g/mol. The van der Waals surface area contributed by atoms with E-state index in [9.17, 15) is 9.90 Å². The predicted octanol–water partition coefficient (Wildman–Crippen LogP) is 4.72. The van der Waals surface area contributed by atoms with Crippen molar-refractivity contribution >= 4 is 35.0 Å². The lowest BCUT2D eigenvalue weighted by molar-refractivity contribution is -0.137. The Hall–Kier alpha value is -2.68. The van der Waals surface area contributed by atoms with Crippen LogP contribution in [0.25, 0.3) is 5.69 Å². The van der Waals surface area contributed by atoms with Crippen LogP contribution in [-0.4, -0.2) is 62.8 Å². The van der Waals surface area contributed by atoms with Gasteiger partial charge in [-0.2, -0.15) is 0 Å². The van der Waals surface area contributed by atoms with Gasteiger partial charge >= 0.3 is 5.97 Å². The van der Waals surface area contributed by atoms with Crippen molar-refractivity contribution in [2.24, 2.45) is 4.99 Å². The Morgan fingerprint density at radius 3 is 2.70 bits per heavy atom. The van der Waals surface area contributed by atoms with Crippen molar-refractivity contribution < 1.29 is 9.90 Å². The first-order valence-electron chi connectivity index (χ1n) is 10.8. The first-order chi connectivity index (χ1) is 15.9. The molecule has 4 rings (SSSR count). The Balaban J connectivity index is 1.82. The van der Waals surface area contributed by atoms with Gasteiger partial charge in [0.2, 0.25) is 0 Å². The number of hydrogen-bond donors (Lipinski definition) is 1. The highest BCUT2D eigenvalue weighted by molar-refractivity contribution is 7.99. The molecule has 1 aliphatic heterocycles. The number of carboxylic acids is 1. The molecule has 3 aromatic rings. The fraction of sp³-hybridized carbons (Fsp3) is 0.333. The van der Waals surface area contributed by atoms with E-state index in [-0.39, 0.29) is 6.42 Å². The van der Waals surface area contributed by atoms with E-state index in [4.69, 9.17) is 16.6 Å². The minimum absolute atomic E-state index is 0.00842. The van der Waals surface area contributed by atoms with Crippen molar-refractivity contribution in [3.63, 3.8) is 0 Å². The highest BCUT2D eigenvalue weighted by Gasteiger charge is 2.29. The van der Waals surface area contributed by atoms with Crippen LogP contribution >= 0.6 is 23.4 Å². The third-order valence-corrected chi connectivity index (χ3v) is 6.61. The van der Waals surface area contributed by atoms with Crippen molar-refractivity contribution in [1.29, 1.82) is 0 Å². The van der Waals surface area contributed by atoms with E-state index in [1.165, 1.54) is 0 Å². The van der Waals surface area contributed by atoms with Crippen LogP contribution in [0.5, 0.6) is 0 Å². The lowest BCUT2D eigenvalue weighted by atomic mass is 10.0. The maximum absolute atomic E-state index is 11.4. The molecule has 0 amide bonds. The maximum atomic E-state index is 11.4. The lowest BCUT2D eigenvalue weighted by Crippen LogP contribution is -2.13. The molecule has 7 nitrogen and oxygen atoms in total. The molecule has 2 aromatic carbocycles. The van der Waals surface area contributed by atoms with Gasteiger partial charge in [-0.3, -0.25) is 14.4 Å². The average Bonchev–Trinajstić information content (AvgIpc) is 3.15. The van der Waals surface area contributed by atoms with Gasteiger partial charge in [0, 0.05) is 28.3 Å². The van der Waals surface area contributed by atoms with E-state index in [2.05, 4.69) is 29.2 Å². The second-order valence-corrected chi connectivity index (χ2v) is 9.63. The number of carboxylic acid groups (broad SMARTS) is 1. The number of carbonyl (C=O) groups is 1. The molecule has 0 unspecified atom stereocenters. The zero-order valence-corrected chi connectivity index (χ0v) is 20.2. The summed E-state index contributed by atoms with van der Waals surface area (Å²) in [5, 5.41) is 19.7. The van der Waals surface area contributed by atoms with Crippen LogP contribution in [0.4, 0.5) is 0 Å². The predicted molar refractivity (Wildman–Crippen MR) is 132 cm³/mol. The van der Waals surface area contributed by atoms with Crippen LogP contribution in [0.1, 0.15) is 42.3 Å². The van der Waals surface area contributed by atoms with E-state index in [1.807, 2.05) is 53.1 Å². The summed E-state index contributed by atoms with van der Waals surface area (Å²) in [4.78, 5) is 18.6. The number of nitrogens with zero attached hydrogens (tertiary/aromatic N) is 5. The van der Waals surface area contributed by atoms with Crippen molar-refractivity contribution in [2.45, 2.75) is 30.5 Å². The topological polar surface area (TPSA) is 83.6 Å². The Kier molecular flexibility index (Phi) is 7.47. The normalized spacial score (nSPS) is 15.0. The summed E-state index contributed by atoms with van der Waals surface area (Å²) >= 11 is 8.06. The zero-order valence-electron chi connectivity index (χ0n) is 18.6. The summed E-state index contributed by atoms with van der Waals surface area (Å²) in [5.41, 5.74) is 3.50. The Morgan fingerprint density at radius 1 is 1.18 bits per heavy atom. The van der Waals surface area contributed by atoms with Gasteiger partial charge in [0.25, 0.3) is 0 Å². The third kappa shape index (κ3) is 5.46. The monoisotopic (exact) mass is 483 g/mol. The molecule has 0 saturated heterocycles. The number of aliphatic carboxylic acids is 1. The summed E-state index contributed by atoms with van der Waals surface area (Å²) in [6.07, 6.45) is 1.34. The second kappa shape index (κ2) is 10.5. The molecule has 1 atom stereocenters. The number of benzene rings is 2. The molecule has 1 N–H and O–H groups in total. The highest BCUT2D eigenvalue weighted by atomic mass is 35.5. The summed E-state index contributed by atoms with van der Waals surface area (Å²) in [6, 6.07) is 15.2. The van der Waals surface area contributed by atoms with Gasteiger partial charge in [-0.25, -0.2) is 0 Å². The summed E-state index contributed by atoms with van der Waals surface area (Å²) in [6.45, 7) is 0.989. The van der Waals surface area contributed by atoms with Gasteiger partial charge in [-0.15, -0.1) is 10.2 Å². The van der Waals surface area contributed by atoms with Gasteiger partial charge in [0.1, 0.15) is 6.04 Å². The minimum Gasteiger partial charge on any atom is -0.481 e. The van der Waals surface area contributed by atoms with Crippen molar-refractivity contribution in [3.05, 3.63) is 70.5 Å². The standard InChI is InChI=1S/C24H26ClN5O2S/c1-29(2)13-6-14-33-24-28-27-23-19(10-12-21(31)32)26-22(16-7-4-3-5-8-16)18-15-17(25)9-11-20(18)30(23)24/h3-5,7-9,11,15,19H,6,10,12-14H2,1-2H3,(H,31,32)/t19-/m0/s1. The van der Waals surface area contributed by atoms with Crippen LogP contribution in [-0.2, 0) is 4.79 Å². The Bertz CT molecular complexity index is 1160. The first kappa shape index (κ1) is 23.5. The average molecular weight is 484 g/mol. The first-order valence-corrected chi connectivity index (χ1v) is 12.2. The molecular formula is C24H26ClN5O2S. The van der Waals surface area contributed by atoms with Gasteiger partial charge in [-0.1, -0.05) is 53.7 Å². The van der Waals surface area contributed by atoms with Crippen LogP contribution in [0.2, 0.25) is 5.02 Å². The molecule has 0 spiro atoms. The molecule has 0 fully saturated rings.